The number of hydrogen-bond donors (Lipinski definition) is 1. The number of nitrogens with zero attached hydrogens (tertiary/aromatic N) is 4. The number of nitrogens with one attached hydrogen (secondary N) is 1. The molecule has 0 spiro atoms. The van der Waals surface area contributed by atoms with Crippen LogP contribution in [0.2, 0.25) is 0 Å². The summed E-state index contributed by atoms with van der Waals surface area (Å²) in [6.07, 6.45) is 1.39. The quantitative estimate of drug-likeness (QED) is 0.434. The molecule has 9 heteroatoms. The van der Waals surface area contributed by atoms with Crippen molar-refractivity contribution in [1.29, 1.82) is 0 Å². The summed E-state index contributed by atoms with van der Waals surface area (Å²) in [6.45, 7) is 1.93. The topological polar surface area (TPSA) is 66.8 Å². The number of rotatable bonds is 4. The largest absolute Gasteiger partial charge is 0.434 e. The summed E-state index contributed by atoms with van der Waals surface area (Å²) in [6, 6.07) is 11.2. The maximum Gasteiger partial charge on any atom is 0.434 e. The Labute approximate surface area is 187 Å². The minimum atomic E-state index is -4.49. The molecule has 0 bridgehead atoms. The molecule has 6 nitrogen and oxygen atoms in total. The van der Waals surface area contributed by atoms with Crippen LogP contribution in [0, 0.1) is 18.8 Å². The molecule has 1 aliphatic carbocycles. The van der Waals surface area contributed by atoms with Gasteiger partial charge in [0.25, 0.3) is 0 Å². The Kier molecular flexibility index (Phi) is 4.21. The van der Waals surface area contributed by atoms with Gasteiger partial charge in [-0.05, 0) is 67.1 Å². The fourth-order valence-corrected chi connectivity index (χ4v) is 4.88. The summed E-state index contributed by atoms with van der Waals surface area (Å²) in [5, 5.41) is 0. The average Bonchev–Trinajstić information content (AvgIpc) is 3.25. The Morgan fingerprint density at radius 2 is 1.85 bits per heavy atom. The molecular formula is C24H20F3N5O. The Morgan fingerprint density at radius 3 is 2.55 bits per heavy atom. The smallest absolute Gasteiger partial charge is 0.345 e. The molecule has 3 heterocycles. The first-order chi connectivity index (χ1) is 15.8. The summed E-state index contributed by atoms with van der Waals surface area (Å²) in [4.78, 5) is 25.9. The monoisotopic (exact) mass is 451 g/mol. The normalized spacial score (nSPS) is 21.0. The molecule has 1 saturated carbocycles. The zero-order valence-corrected chi connectivity index (χ0v) is 17.7. The van der Waals surface area contributed by atoms with Gasteiger partial charge in [-0.3, -0.25) is 4.79 Å². The standard InChI is InChI=1S/C24H20F3N5O/c1-13-8-15(31-10-20(30-12-31)24(25,26)27)4-6-17(13)22-21(14-2-3-14)23(33)32(22)16-5-7-18-19(9-16)29-11-28-18/h4-12,14,21-22H,2-3H2,1H3,(H,28,29)/t21?,22-/m0/s1. The van der Waals surface area contributed by atoms with Gasteiger partial charge in [-0.25, -0.2) is 9.97 Å². The maximum absolute atomic E-state index is 13.2. The SMILES string of the molecule is Cc1cc(-n2cnc(C(F)(F)F)c2)ccc1[C@H]1C(C2CC2)C(=O)N1c1ccc2[nH]cnc2c1. The van der Waals surface area contributed by atoms with Crippen LogP contribution in [0.4, 0.5) is 18.9 Å². The lowest BCUT2D eigenvalue weighted by Gasteiger charge is -2.48. The lowest BCUT2D eigenvalue weighted by Crippen LogP contribution is -2.56. The third-order valence-corrected chi connectivity index (χ3v) is 6.70. The highest BCUT2D eigenvalue weighted by molar-refractivity contribution is 6.04. The molecule has 0 radical (unpaired) electrons. The predicted molar refractivity (Wildman–Crippen MR) is 116 cm³/mol. The summed E-state index contributed by atoms with van der Waals surface area (Å²) in [5.41, 5.74) is 4.09. The Hall–Kier alpha value is -3.62. The zero-order chi connectivity index (χ0) is 22.9. The second-order valence-electron chi connectivity index (χ2n) is 8.83. The third-order valence-electron chi connectivity index (χ3n) is 6.70. The second kappa shape index (κ2) is 6.94. The van der Waals surface area contributed by atoms with Crippen LogP contribution >= 0.6 is 0 Å². The Bertz CT molecular complexity index is 1380. The number of aromatic nitrogens is 4. The van der Waals surface area contributed by atoms with Crippen molar-refractivity contribution < 1.29 is 18.0 Å². The van der Waals surface area contributed by atoms with Crippen LogP contribution in [0.1, 0.15) is 35.7 Å². The van der Waals surface area contributed by atoms with Crippen LogP contribution in [0.15, 0.2) is 55.2 Å². The van der Waals surface area contributed by atoms with Crippen LogP contribution in [-0.2, 0) is 11.0 Å². The van der Waals surface area contributed by atoms with Gasteiger partial charge in [0.2, 0.25) is 5.91 Å². The molecule has 2 aromatic carbocycles. The van der Waals surface area contributed by atoms with Gasteiger partial charge in [-0.1, -0.05) is 6.07 Å². The van der Waals surface area contributed by atoms with E-state index in [-0.39, 0.29) is 17.9 Å². The summed E-state index contributed by atoms with van der Waals surface area (Å²) >= 11 is 0. The van der Waals surface area contributed by atoms with Gasteiger partial charge in [-0.15, -0.1) is 0 Å². The number of fused-ring (bicyclic) bond motifs is 1. The minimum absolute atomic E-state index is 0.0745. The van der Waals surface area contributed by atoms with E-state index in [0.717, 1.165) is 46.9 Å². The number of carbonyl (C=O) groups is 1. The van der Waals surface area contributed by atoms with Crippen molar-refractivity contribution in [3.8, 4) is 5.69 Å². The van der Waals surface area contributed by atoms with E-state index in [9.17, 15) is 18.0 Å². The molecule has 1 aliphatic heterocycles. The number of alkyl halides is 3. The fourth-order valence-electron chi connectivity index (χ4n) is 4.88. The Morgan fingerprint density at radius 1 is 1.06 bits per heavy atom. The number of imidazole rings is 2. The molecule has 2 aliphatic rings. The molecule has 1 saturated heterocycles. The summed E-state index contributed by atoms with van der Waals surface area (Å²) < 4.78 is 40.2. The van der Waals surface area contributed by atoms with Crippen molar-refractivity contribution in [3.05, 3.63) is 72.1 Å². The minimum Gasteiger partial charge on any atom is -0.345 e. The highest BCUT2D eigenvalue weighted by Gasteiger charge is 2.55. The predicted octanol–water partition coefficient (Wildman–Crippen LogP) is 5.19. The molecule has 1 N–H and O–H groups in total. The number of halogens is 3. The van der Waals surface area contributed by atoms with Crippen molar-refractivity contribution in [2.45, 2.75) is 32.0 Å². The molecule has 4 aromatic rings. The van der Waals surface area contributed by atoms with Crippen LogP contribution < -0.4 is 4.90 Å². The molecule has 1 unspecified atom stereocenters. The Balaban J connectivity index is 1.37. The molecular weight excluding hydrogens is 431 g/mol. The van der Waals surface area contributed by atoms with E-state index >= 15 is 0 Å². The molecule has 1 amide bonds. The van der Waals surface area contributed by atoms with Gasteiger partial charge in [0, 0.05) is 17.6 Å². The molecule has 2 aromatic heterocycles. The van der Waals surface area contributed by atoms with Crippen LogP contribution in [-0.4, -0.2) is 25.4 Å². The van der Waals surface area contributed by atoms with Crippen molar-refractivity contribution in [3.63, 3.8) is 0 Å². The van der Waals surface area contributed by atoms with E-state index in [0.29, 0.717) is 11.6 Å². The van der Waals surface area contributed by atoms with Gasteiger partial charge in [-0.2, -0.15) is 13.2 Å². The van der Waals surface area contributed by atoms with E-state index in [1.54, 1.807) is 12.4 Å². The first kappa shape index (κ1) is 20.0. The highest BCUT2D eigenvalue weighted by atomic mass is 19.4. The fraction of sp³-hybridized carbons (Fsp3) is 0.292. The van der Waals surface area contributed by atoms with Crippen LogP contribution in [0.5, 0.6) is 0 Å². The van der Waals surface area contributed by atoms with Crippen LogP contribution in [0.3, 0.4) is 0 Å². The lowest BCUT2D eigenvalue weighted by molar-refractivity contribution is -0.141. The number of anilines is 1. The lowest BCUT2D eigenvalue weighted by atomic mass is 9.77. The van der Waals surface area contributed by atoms with E-state index in [4.69, 9.17) is 0 Å². The molecule has 2 atom stereocenters. The zero-order valence-electron chi connectivity index (χ0n) is 17.7. The van der Waals surface area contributed by atoms with Crippen LogP contribution in [0.25, 0.3) is 16.7 Å². The first-order valence-corrected chi connectivity index (χ1v) is 10.8. The molecule has 168 valence electrons. The number of amides is 1. The first-order valence-electron chi connectivity index (χ1n) is 10.8. The van der Waals surface area contributed by atoms with E-state index in [1.165, 1.54) is 10.9 Å². The number of carbonyl (C=O) groups excluding carboxylic acids is 1. The van der Waals surface area contributed by atoms with Gasteiger partial charge in [0.15, 0.2) is 5.69 Å². The van der Waals surface area contributed by atoms with E-state index in [1.807, 2.05) is 42.2 Å². The maximum atomic E-state index is 13.2. The summed E-state index contributed by atoms with van der Waals surface area (Å²) in [7, 11) is 0. The second-order valence-corrected chi connectivity index (χ2v) is 8.83. The van der Waals surface area contributed by atoms with Gasteiger partial charge in [0.1, 0.15) is 0 Å². The van der Waals surface area contributed by atoms with E-state index in [2.05, 4.69) is 15.0 Å². The number of H-pyrrole nitrogens is 1. The van der Waals surface area contributed by atoms with Crippen molar-refractivity contribution in [2.24, 2.45) is 11.8 Å². The molecule has 6 rings (SSSR count). The summed E-state index contributed by atoms with van der Waals surface area (Å²) in [5.74, 6) is 0.426. The van der Waals surface area contributed by atoms with Crippen molar-refractivity contribution in [2.75, 3.05) is 4.90 Å². The van der Waals surface area contributed by atoms with Crippen molar-refractivity contribution in [1.82, 2.24) is 19.5 Å². The third kappa shape index (κ3) is 3.21. The van der Waals surface area contributed by atoms with Gasteiger partial charge >= 0.3 is 6.18 Å². The average molecular weight is 451 g/mol. The number of aryl methyl sites for hydroxylation is 1. The number of hydrogen-bond acceptors (Lipinski definition) is 3. The van der Waals surface area contributed by atoms with E-state index < -0.39 is 11.9 Å². The number of aromatic amines is 1. The van der Waals surface area contributed by atoms with Gasteiger partial charge in [0.05, 0.1) is 35.6 Å². The molecule has 2 fully saturated rings. The van der Waals surface area contributed by atoms with Gasteiger partial charge < -0.3 is 14.5 Å². The number of β-lactam (4-membered cyclic amide) rings is 1. The number of benzene rings is 2. The van der Waals surface area contributed by atoms with Crippen molar-refractivity contribution >= 4 is 22.6 Å². The molecule has 33 heavy (non-hydrogen) atoms. The highest BCUT2D eigenvalue weighted by Crippen LogP contribution is 2.54.